The lowest BCUT2D eigenvalue weighted by Crippen LogP contribution is -2.43. The van der Waals surface area contributed by atoms with Gasteiger partial charge in [-0.2, -0.15) is 0 Å². The van der Waals surface area contributed by atoms with Crippen LogP contribution in [0, 0.1) is 16.7 Å². The van der Waals surface area contributed by atoms with Crippen molar-refractivity contribution in [2.24, 2.45) is 16.7 Å². The monoisotopic (exact) mass is 166 g/mol. The fourth-order valence-corrected chi connectivity index (χ4v) is 3.35. The maximum atomic E-state index is 2.53. The van der Waals surface area contributed by atoms with E-state index in [0.717, 1.165) is 5.92 Å². The topological polar surface area (TPSA) is 0 Å². The van der Waals surface area contributed by atoms with Crippen LogP contribution >= 0.6 is 0 Å². The average molecular weight is 166 g/mol. The zero-order valence-electron chi connectivity index (χ0n) is 8.82. The molecular weight excluding hydrogens is 144 g/mol. The molecule has 0 spiro atoms. The van der Waals surface area contributed by atoms with E-state index in [9.17, 15) is 0 Å². The Bertz CT molecular complexity index is 180. The molecule has 0 aliphatic heterocycles. The highest BCUT2D eigenvalue weighted by atomic mass is 14.5. The summed E-state index contributed by atoms with van der Waals surface area (Å²) in [6.07, 6.45) is 8.98. The van der Waals surface area contributed by atoms with Gasteiger partial charge in [0.15, 0.2) is 0 Å². The maximum Gasteiger partial charge on any atom is -0.0272 e. The third kappa shape index (κ3) is 1.11. The number of hydrogen-bond donors (Lipinski definition) is 0. The Kier molecular flexibility index (Phi) is 1.79. The number of rotatable bonds is 0. The van der Waals surface area contributed by atoms with Crippen molar-refractivity contribution in [2.75, 3.05) is 0 Å². The zero-order valence-corrected chi connectivity index (χ0v) is 8.82. The van der Waals surface area contributed by atoms with Gasteiger partial charge in [-0.05, 0) is 42.4 Å². The summed E-state index contributed by atoms with van der Waals surface area (Å²) in [4.78, 5) is 0. The first-order valence-corrected chi connectivity index (χ1v) is 5.54. The second-order valence-corrected chi connectivity index (χ2v) is 5.95. The molecule has 2 bridgehead atoms. The van der Waals surface area contributed by atoms with Crippen molar-refractivity contribution in [3.8, 4) is 0 Å². The molecule has 0 aromatic rings. The van der Waals surface area contributed by atoms with Crippen molar-refractivity contribution in [1.82, 2.24) is 0 Å². The second-order valence-electron chi connectivity index (χ2n) is 5.95. The molecule has 2 aliphatic carbocycles. The van der Waals surface area contributed by atoms with E-state index in [1.54, 1.807) is 0 Å². The van der Waals surface area contributed by atoms with Gasteiger partial charge in [0.1, 0.15) is 0 Å². The highest BCUT2D eigenvalue weighted by molar-refractivity contribution is 4.97. The predicted molar refractivity (Wildman–Crippen MR) is 53.1 cm³/mol. The summed E-state index contributed by atoms with van der Waals surface area (Å²) in [5.74, 6) is 1.08. The molecule has 0 radical (unpaired) electrons. The predicted octanol–water partition coefficient (Wildman–Crippen LogP) is 4.00. The molecule has 2 rings (SSSR count). The SMILES string of the molecule is CC1(C)CCC2CCCC1(C)C2. The quantitative estimate of drug-likeness (QED) is 0.510. The molecule has 0 amide bonds. The molecule has 0 aromatic carbocycles. The lowest BCUT2D eigenvalue weighted by Gasteiger charge is -2.54. The van der Waals surface area contributed by atoms with E-state index < -0.39 is 0 Å². The Balaban J connectivity index is 2.22. The number of hydrogen-bond acceptors (Lipinski definition) is 0. The summed E-state index contributed by atoms with van der Waals surface area (Å²) in [6.45, 7) is 7.49. The van der Waals surface area contributed by atoms with Crippen molar-refractivity contribution in [2.45, 2.75) is 59.3 Å². The third-order valence-electron chi connectivity index (χ3n) is 4.89. The molecule has 2 fully saturated rings. The van der Waals surface area contributed by atoms with Gasteiger partial charge in [0.25, 0.3) is 0 Å². The van der Waals surface area contributed by atoms with Gasteiger partial charge in [-0.3, -0.25) is 0 Å². The van der Waals surface area contributed by atoms with Crippen LogP contribution < -0.4 is 0 Å². The van der Waals surface area contributed by atoms with E-state index in [1.807, 2.05) is 0 Å². The van der Waals surface area contributed by atoms with Crippen molar-refractivity contribution in [3.63, 3.8) is 0 Å². The van der Waals surface area contributed by atoms with Gasteiger partial charge in [0, 0.05) is 0 Å². The van der Waals surface area contributed by atoms with Crippen LogP contribution in [0.2, 0.25) is 0 Å². The van der Waals surface area contributed by atoms with Crippen molar-refractivity contribution in [1.29, 1.82) is 0 Å². The summed E-state index contributed by atoms with van der Waals surface area (Å²) >= 11 is 0. The second kappa shape index (κ2) is 2.49. The molecule has 0 saturated heterocycles. The first kappa shape index (κ1) is 8.59. The first-order chi connectivity index (χ1) is 5.54. The summed E-state index contributed by atoms with van der Waals surface area (Å²) < 4.78 is 0. The van der Waals surface area contributed by atoms with Crippen LogP contribution in [0.1, 0.15) is 59.3 Å². The molecule has 2 atom stereocenters. The van der Waals surface area contributed by atoms with Crippen molar-refractivity contribution in [3.05, 3.63) is 0 Å². The molecule has 2 saturated carbocycles. The molecule has 0 nitrogen and oxygen atoms in total. The number of fused-ring (bicyclic) bond motifs is 2. The molecule has 0 heteroatoms. The van der Waals surface area contributed by atoms with Crippen molar-refractivity contribution >= 4 is 0 Å². The third-order valence-corrected chi connectivity index (χ3v) is 4.89. The Hall–Kier alpha value is 0. The molecule has 0 aromatic heterocycles. The Morgan fingerprint density at radius 2 is 1.75 bits per heavy atom. The van der Waals surface area contributed by atoms with Crippen LogP contribution in [0.5, 0.6) is 0 Å². The van der Waals surface area contributed by atoms with Gasteiger partial charge >= 0.3 is 0 Å². The average Bonchev–Trinajstić information content (AvgIpc) is 1.99. The molecule has 0 heterocycles. The van der Waals surface area contributed by atoms with Gasteiger partial charge in [0.2, 0.25) is 0 Å². The molecule has 2 unspecified atom stereocenters. The van der Waals surface area contributed by atoms with Gasteiger partial charge in [0.05, 0.1) is 0 Å². The first-order valence-electron chi connectivity index (χ1n) is 5.54. The van der Waals surface area contributed by atoms with Crippen LogP contribution in [0.25, 0.3) is 0 Å². The van der Waals surface area contributed by atoms with Crippen LogP contribution in [0.3, 0.4) is 0 Å². The summed E-state index contributed by atoms with van der Waals surface area (Å²) in [5, 5.41) is 0. The molecule has 12 heavy (non-hydrogen) atoms. The normalized spacial score (nSPS) is 45.8. The largest absolute Gasteiger partial charge is 0.0594 e. The zero-order chi connectivity index (χ0) is 8.82. The minimum atomic E-state index is 0.615. The highest BCUT2D eigenvalue weighted by Gasteiger charge is 2.47. The highest BCUT2D eigenvalue weighted by Crippen LogP contribution is 2.58. The van der Waals surface area contributed by atoms with Gasteiger partial charge in [-0.15, -0.1) is 0 Å². The molecular formula is C12H22. The molecule has 70 valence electrons. The minimum Gasteiger partial charge on any atom is -0.0594 e. The molecule has 0 N–H and O–H groups in total. The standard InChI is InChI=1S/C12H22/c1-11(2)8-6-10-5-4-7-12(11,3)9-10/h10H,4-9H2,1-3H3. The van der Waals surface area contributed by atoms with Gasteiger partial charge in [-0.1, -0.05) is 33.6 Å². The van der Waals surface area contributed by atoms with Crippen molar-refractivity contribution < 1.29 is 0 Å². The van der Waals surface area contributed by atoms with E-state index in [2.05, 4.69) is 20.8 Å². The van der Waals surface area contributed by atoms with E-state index in [4.69, 9.17) is 0 Å². The summed E-state index contributed by atoms with van der Waals surface area (Å²) in [7, 11) is 0. The lowest BCUT2D eigenvalue weighted by molar-refractivity contribution is -0.0318. The van der Waals surface area contributed by atoms with Gasteiger partial charge in [-0.25, -0.2) is 0 Å². The molecule has 2 aliphatic rings. The van der Waals surface area contributed by atoms with Crippen LogP contribution in [-0.4, -0.2) is 0 Å². The van der Waals surface area contributed by atoms with E-state index in [-0.39, 0.29) is 0 Å². The fourth-order valence-electron chi connectivity index (χ4n) is 3.35. The Morgan fingerprint density at radius 1 is 1.00 bits per heavy atom. The Morgan fingerprint density at radius 3 is 2.42 bits per heavy atom. The van der Waals surface area contributed by atoms with Gasteiger partial charge < -0.3 is 0 Å². The van der Waals surface area contributed by atoms with E-state index >= 15 is 0 Å². The minimum absolute atomic E-state index is 0.615. The van der Waals surface area contributed by atoms with Crippen LogP contribution in [0.15, 0.2) is 0 Å². The van der Waals surface area contributed by atoms with E-state index in [0.29, 0.717) is 10.8 Å². The van der Waals surface area contributed by atoms with Crippen LogP contribution in [0.4, 0.5) is 0 Å². The maximum absolute atomic E-state index is 2.53. The summed E-state index contributed by atoms with van der Waals surface area (Å²) in [6, 6.07) is 0. The van der Waals surface area contributed by atoms with E-state index in [1.165, 1.54) is 38.5 Å². The smallest absolute Gasteiger partial charge is 0.0272 e. The lowest BCUT2D eigenvalue weighted by atomic mass is 9.51. The Labute approximate surface area is 76.7 Å². The summed E-state index contributed by atoms with van der Waals surface area (Å²) in [5.41, 5.74) is 1.29. The van der Waals surface area contributed by atoms with Crippen LogP contribution in [-0.2, 0) is 0 Å². The fraction of sp³-hybridized carbons (Fsp3) is 1.00.